The monoisotopic (exact) mass is 318 g/mol. The van der Waals surface area contributed by atoms with Gasteiger partial charge in [0.25, 0.3) is 0 Å². The zero-order valence-corrected chi connectivity index (χ0v) is 13.3. The standard InChI is InChI=1S/C21H18O3/c1-24-18-14-8-13-17(19(18)15-9-4-2-5-10-15)21(23)20(22)16-11-6-3-7-12-16/h2-14,20,22H,1H3. The second-order valence-corrected chi connectivity index (χ2v) is 5.43. The number of hydrogen-bond acceptors (Lipinski definition) is 3. The highest BCUT2D eigenvalue weighted by Gasteiger charge is 2.24. The molecule has 0 amide bonds. The van der Waals surface area contributed by atoms with Crippen LogP contribution in [-0.2, 0) is 0 Å². The van der Waals surface area contributed by atoms with Crippen LogP contribution in [0.3, 0.4) is 0 Å². The summed E-state index contributed by atoms with van der Waals surface area (Å²) in [5.74, 6) is 0.256. The topological polar surface area (TPSA) is 46.5 Å². The first kappa shape index (κ1) is 16.0. The number of aliphatic hydroxyl groups excluding tert-OH is 1. The second kappa shape index (κ2) is 7.11. The van der Waals surface area contributed by atoms with Crippen LogP contribution < -0.4 is 4.74 Å². The summed E-state index contributed by atoms with van der Waals surface area (Å²) >= 11 is 0. The van der Waals surface area contributed by atoms with Crippen molar-refractivity contribution < 1.29 is 14.6 Å². The molecule has 3 aromatic carbocycles. The Bertz CT molecular complexity index is 826. The van der Waals surface area contributed by atoms with Crippen molar-refractivity contribution in [1.82, 2.24) is 0 Å². The van der Waals surface area contributed by atoms with Crippen molar-refractivity contribution in [1.29, 1.82) is 0 Å². The molecule has 0 spiro atoms. The largest absolute Gasteiger partial charge is 0.496 e. The van der Waals surface area contributed by atoms with Gasteiger partial charge in [-0.2, -0.15) is 0 Å². The van der Waals surface area contributed by atoms with Gasteiger partial charge in [-0.15, -0.1) is 0 Å². The molecule has 3 nitrogen and oxygen atoms in total. The van der Waals surface area contributed by atoms with Crippen LogP contribution in [0.5, 0.6) is 5.75 Å². The summed E-state index contributed by atoms with van der Waals surface area (Å²) in [7, 11) is 1.57. The number of Topliss-reactive ketones (excluding diaryl/α,β-unsaturated/α-hetero) is 1. The zero-order valence-electron chi connectivity index (χ0n) is 13.3. The van der Waals surface area contributed by atoms with E-state index in [1.165, 1.54) is 0 Å². The van der Waals surface area contributed by atoms with Gasteiger partial charge in [-0.25, -0.2) is 0 Å². The fraction of sp³-hybridized carbons (Fsp3) is 0.0952. The third-order valence-corrected chi connectivity index (χ3v) is 3.94. The minimum Gasteiger partial charge on any atom is -0.496 e. The minimum atomic E-state index is -1.21. The van der Waals surface area contributed by atoms with Crippen LogP contribution in [0.4, 0.5) is 0 Å². The Morgan fingerprint density at radius 1 is 0.875 bits per heavy atom. The third-order valence-electron chi connectivity index (χ3n) is 3.94. The van der Waals surface area contributed by atoms with E-state index in [0.29, 0.717) is 22.4 Å². The summed E-state index contributed by atoms with van der Waals surface area (Å²) in [5.41, 5.74) is 2.58. The minimum absolute atomic E-state index is 0.348. The average molecular weight is 318 g/mol. The molecule has 0 saturated carbocycles. The number of rotatable bonds is 5. The van der Waals surface area contributed by atoms with E-state index in [0.717, 1.165) is 5.56 Å². The fourth-order valence-corrected chi connectivity index (χ4v) is 2.74. The Kier molecular flexibility index (Phi) is 4.73. The van der Waals surface area contributed by atoms with E-state index in [9.17, 15) is 9.90 Å². The predicted octanol–water partition coefficient (Wildman–Crippen LogP) is 4.28. The lowest BCUT2D eigenvalue weighted by molar-refractivity contribution is 0.0748. The molecule has 3 heteroatoms. The summed E-state index contributed by atoms with van der Waals surface area (Å²) in [6.07, 6.45) is -1.21. The highest BCUT2D eigenvalue weighted by atomic mass is 16.5. The van der Waals surface area contributed by atoms with Gasteiger partial charge in [-0.1, -0.05) is 72.8 Å². The van der Waals surface area contributed by atoms with E-state index < -0.39 is 6.10 Å². The molecule has 0 heterocycles. The molecular weight excluding hydrogens is 300 g/mol. The van der Waals surface area contributed by atoms with Crippen molar-refractivity contribution >= 4 is 5.78 Å². The number of benzene rings is 3. The highest BCUT2D eigenvalue weighted by molar-refractivity contribution is 6.06. The molecule has 0 aliphatic carbocycles. The fourth-order valence-electron chi connectivity index (χ4n) is 2.74. The van der Waals surface area contributed by atoms with Crippen molar-refractivity contribution in [3.05, 3.63) is 90.0 Å². The van der Waals surface area contributed by atoms with Gasteiger partial charge in [-0.3, -0.25) is 4.79 Å². The molecule has 0 radical (unpaired) electrons. The van der Waals surface area contributed by atoms with Gasteiger partial charge < -0.3 is 9.84 Å². The second-order valence-electron chi connectivity index (χ2n) is 5.43. The van der Waals surface area contributed by atoms with Crippen LogP contribution in [0.1, 0.15) is 22.0 Å². The lowest BCUT2D eigenvalue weighted by atomic mass is 9.92. The predicted molar refractivity (Wildman–Crippen MR) is 94.2 cm³/mol. The van der Waals surface area contributed by atoms with Gasteiger partial charge >= 0.3 is 0 Å². The molecule has 3 aromatic rings. The SMILES string of the molecule is COc1cccc(C(=O)C(O)c2ccccc2)c1-c1ccccc1. The van der Waals surface area contributed by atoms with Crippen molar-refractivity contribution in [3.8, 4) is 16.9 Å². The maximum atomic E-state index is 12.9. The van der Waals surface area contributed by atoms with Gasteiger partial charge in [0.1, 0.15) is 11.9 Å². The van der Waals surface area contributed by atoms with Crippen LogP contribution in [0.25, 0.3) is 11.1 Å². The first-order valence-corrected chi connectivity index (χ1v) is 7.72. The summed E-state index contributed by atoms with van der Waals surface area (Å²) in [4.78, 5) is 12.9. The smallest absolute Gasteiger partial charge is 0.196 e. The average Bonchev–Trinajstić information content (AvgIpc) is 2.67. The first-order chi connectivity index (χ1) is 11.7. The van der Waals surface area contributed by atoms with E-state index in [-0.39, 0.29) is 5.78 Å². The maximum Gasteiger partial charge on any atom is 0.196 e. The van der Waals surface area contributed by atoms with E-state index in [1.54, 1.807) is 43.5 Å². The molecule has 0 aromatic heterocycles. The van der Waals surface area contributed by atoms with E-state index >= 15 is 0 Å². The van der Waals surface area contributed by atoms with Crippen LogP contribution >= 0.6 is 0 Å². The molecule has 120 valence electrons. The van der Waals surface area contributed by atoms with Gasteiger partial charge in [0.2, 0.25) is 0 Å². The lowest BCUT2D eigenvalue weighted by Gasteiger charge is -2.16. The summed E-state index contributed by atoms with van der Waals surface area (Å²) in [5, 5.41) is 10.5. The third kappa shape index (κ3) is 3.07. The van der Waals surface area contributed by atoms with Crippen molar-refractivity contribution in [2.45, 2.75) is 6.10 Å². The molecule has 1 unspecified atom stereocenters. The van der Waals surface area contributed by atoms with E-state index in [4.69, 9.17) is 4.74 Å². The Morgan fingerprint density at radius 3 is 2.12 bits per heavy atom. The van der Waals surface area contributed by atoms with Gasteiger partial charge in [0.15, 0.2) is 5.78 Å². The first-order valence-electron chi connectivity index (χ1n) is 7.72. The molecule has 0 aliphatic heterocycles. The van der Waals surface area contributed by atoms with E-state index in [2.05, 4.69) is 0 Å². The summed E-state index contributed by atoms with van der Waals surface area (Å²) in [6.45, 7) is 0. The maximum absolute atomic E-state index is 12.9. The van der Waals surface area contributed by atoms with Gasteiger partial charge in [-0.05, 0) is 17.2 Å². The Hall–Kier alpha value is -2.91. The molecule has 0 aliphatic rings. The van der Waals surface area contributed by atoms with Crippen LogP contribution in [0.2, 0.25) is 0 Å². The number of hydrogen-bond donors (Lipinski definition) is 1. The van der Waals surface area contributed by atoms with Crippen LogP contribution in [0, 0.1) is 0 Å². The lowest BCUT2D eigenvalue weighted by Crippen LogP contribution is -2.13. The zero-order chi connectivity index (χ0) is 16.9. The van der Waals surface area contributed by atoms with Crippen molar-refractivity contribution in [2.75, 3.05) is 7.11 Å². The number of ketones is 1. The number of aliphatic hydroxyl groups is 1. The Morgan fingerprint density at radius 2 is 1.50 bits per heavy atom. The molecule has 0 bridgehead atoms. The molecule has 3 rings (SSSR count). The van der Waals surface area contributed by atoms with Crippen LogP contribution in [0.15, 0.2) is 78.9 Å². The van der Waals surface area contributed by atoms with Gasteiger partial charge in [0.05, 0.1) is 7.11 Å². The molecule has 0 saturated heterocycles. The van der Waals surface area contributed by atoms with Crippen molar-refractivity contribution in [3.63, 3.8) is 0 Å². The molecule has 1 N–H and O–H groups in total. The van der Waals surface area contributed by atoms with E-state index in [1.807, 2.05) is 42.5 Å². The van der Waals surface area contributed by atoms with Crippen LogP contribution in [-0.4, -0.2) is 18.0 Å². The number of carbonyl (C=O) groups excluding carboxylic acids is 1. The highest BCUT2D eigenvalue weighted by Crippen LogP contribution is 2.35. The summed E-state index contributed by atoms with van der Waals surface area (Å²) in [6, 6.07) is 23.8. The molecule has 0 fully saturated rings. The number of ether oxygens (including phenoxy) is 1. The number of carbonyl (C=O) groups is 1. The van der Waals surface area contributed by atoms with Gasteiger partial charge in [0, 0.05) is 11.1 Å². The Balaban J connectivity index is 2.10. The number of methoxy groups -OCH3 is 1. The molecule has 24 heavy (non-hydrogen) atoms. The Labute approximate surface area is 141 Å². The van der Waals surface area contributed by atoms with Crippen molar-refractivity contribution in [2.24, 2.45) is 0 Å². The normalized spacial score (nSPS) is 11.8. The molecular formula is C21H18O3. The molecule has 1 atom stereocenters. The quantitative estimate of drug-likeness (QED) is 0.714. The summed E-state index contributed by atoms with van der Waals surface area (Å²) < 4.78 is 5.44.